The molecule has 0 spiro atoms. The van der Waals surface area contributed by atoms with E-state index in [4.69, 9.17) is 11.6 Å². The number of carbonyl (C=O) groups is 1. The van der Waals surface area contributed by atoms with Gasteiger partial charge in [-0.25, -0.2) is 4.68 Å². The molecular weight excluding hydrogens is 349 g/mol. The van der Waals surface area contributed by atoms with Crippen molar-refractivity contribution in [3.8, 4) is 0 Å². The van der Waals surface area contributed by atoms with Gasteiger partial charge in [-0.1, -0.05) is 23.7 Å². The highest BCUT2D eigenvalue weighted by Crippen LogP contribution is 2.24. The number of amides is 1. The van der Waals surface area contributed by atoms with E-state index in [-0.39, 0.29) is 18.3 Å². The maximum absolute atomic E-state index is 12.4. The second-order valence-electron chi connectivity index (χ2n) is 5.83. The third-order valence-corrected chi connectivity index (χ3v) is 4.65. The summed E-state index contributed by atoms with van der Waals surface area (Å²) in [4.78, 5) is 16.9. The SMILES string of the molecule is Cc1cccc(C(=O)Nc2nc(C3CCNCC3)nn2C)c1Cl.Cl. The first-order valence-corrected chi connectivity index (χ1v) is 8.12. The highest BCUT2D eigenvalue weighted by atomic mass is 35.5. The molecule has 1 aliphatic rings. The maximum atomic E-state index is 12.4. The number of anilines is 1. The molecule has 1 aromatic heterocycles. The predicted octanol–water partition coefficient (Wildman–Crippen LogP) is 2.92. The lowest BCUT2D eigenvalue weighted by molar-refractivity contribution is 0.102. The van der Waals surface area contributed by atoms with Gasteiger partial charge in [0.1, 0.15) is 0 Å². The Hall–Kier alpha value is -1.63. The van der Waals surface area contributed by atoms with Gasteiger partial charge in [-0.3, -0.25) is 10.1 Å². The number of hydrogen-bond donors (Lipinski definition) is 2. The molecule has 1 fully saturated rings. The van der Waals surface area contributed by atoms with Crippen molar-refractivity contribution in [1.82, 2.24) is 20.1 Å². The molecule has 1 aliphatic heterocycles. The highest BCUT2D eigenvalue weighted by Gasteiger charge is 2.22. The minimum Gasteiger partial charge on any atom is -0.317 e. The standard InChI is InChI=1S/C16H20ClN5O.ClH/c1-10-4-3-5-12(13(10)17)15(23)20-16-19-14(21-22(16)2)11-6-8-18-9-7-11;/h3-5,11,18H,6-9H2,1-2H3,(H,19,20,21,23);1H. The Morgan fingerprint density at radius 3 is 2.79 bits per heavy atom. The molecule has 0 radical (unpaired) electrons. The molecule has 0 aliphatic carbocycles. The molecule has 1 amide bonds. The lowest BCUT2D eigenvalue weighted by atomic mass is 9.98. The number of carbonyl (C=O) groups excluding carboxylic acids is 1. The second-order valence-corrected chi connectivity index (χ2v) is 6.21. The van der Waals surface area contributed by atoms with Gasteiger partial charge in [-0.2, -0.15) is 10.1 Å². The molecule has 2 heterocycles. The normalized spacial score (nSPS) is 15.0. The molecular formula is C16H21Cl2N5O. The Morgan fingerprint density at radius 1 is 1.38 bits per heavy atom. The van der Waals surface area contributed by atoms with Gasteiger partial charge in [0.2, 0.25) is 5.95 Å². The second kappa shape index (κ2) is 7.96. The van der Waals surface area contributed by atoms with Crippen molar-refractivity contribution >= 4 is 35.9 Å². The first kappa shape index (κ1) is 18.7. The zero-order chi connectivity index (χ0) is 16.4. The number of rotatable bonds is 3. The molecule has 130 valence electrons. The van der Waals surface area contributed by atoms with Crippen molar-refractivity contribution in [3.05, 3.63) is 40.2 Å². The highest BCUT2D eigenvalue weighted by molar-refractivity contribution is 6.35. The van der Waals surface area contributed by atoms with E-state index in [0.29, 0.717) is 22.5 Å². The Balaban J connectivity index is 0.00000208. The number of nitrogens with zero attached hydrogens (tertiary/aromatic N) is 3. The Morgan fingerprint density at radius 2 is 2.08 bits per heavy atom. The van der Waals surface area contributed by atoms with Crippen LogP contribution in [-0.2, 0) is 7.05 Å². The predicted molar refractivity (Wildman–Crippen MR) is 97.2 cm³/mol. The number of nitrogens with one attached hydrogen (secondary N) is 2. The summed E-state index contributed by atoms with van der Waals surface area (Å²) in [5.74, 6) is 1.31. The minimum absolute atomic E-state index is 0. The van der Waals surface area contributed by atoms with Crippen molar-refractivity contribution in [3.63, 3.8) is 0 Å². The molecule has 0 atom stereocenters. The first-order valence-electron chi connectivity index (χ1n) is 7.74. The van der Waals surface area contributed by atoms with E-state index in [1.807, 2.05) is 19.1 Å². The lowest BCUT2D eigenvalue weighted by Crippen LogP contribution is -2.27. The van der Waals surface area contributed by atoms with Crippen LogP contribution < -0.4 is 10.6 Å². The van der Waals surface area contributed by atoms with Crippen LogP contribution in [0.2, 0.25) is 5.02 Å². The minimum atomic E-state index is -0.272. The summed E-state index contributed by atoms with van der Waals surface area (Å²) < 4.78 is 1.61. The van der Waals surface area contributed by atoms with Crippen LogP contribution in [0.4, 0.5) is 5.95 Å². The number of benzene rings is 1. The van der Waals surface area contributed by atoms with Gasteiger partial charge in [-0.05, 0) is 44.5 Å². The number of hydrogen-bond acceptors (Lipinski definition) is 4. The summed E-state index contributed by atoms with van der Waals surface area (Å²) in [5.41, 5.74) is 1.31. The van der Waals surface area contributed by atoms with Gasteiger partial charge in [0.05, 0.1) is 10.6 Å². The van der Waals surface area contributed by atoms with Gasteiger partial charge < -0.3 is 5.32 Å². The van der Waals surface area contributed by atoms with Gasteiger partial charge in [0.15, 0.2) is 5.82 Å². The summed E-state index contributed by atoms with van der Waals surface area (Å²) in [6.45, 7) is 3.82. The summed E-state index contributed by atoms with van der Waals surface area (Å²) in [6, 6.07) is 5.39. The molecule has 0 unspecified atom stereocenters. The molecule has 2 N–H and O–H groups in total. The van der Waals surface area contributed by atoms with E-state index < -0.39 is 0 Å². The van der Waals surface area contributed by atoms with E-state index in [1.165, 1.54) is 0 Å². The molecule has 1 aromatic carbocycles. The van der Waals surface area contributed by atoms with Crippen LogP contribution >= 0.6 is 24.0 Å². The van der Waals surface area contributed by atoms with E-state index >= 15 is 0 Å². The molecule has 24 heavy (non-hydrogen) atoms. The first-order chi connectivity index (χ1) is 11.1. The summed E-state index contributed by atoms with van der Waals surface area (Å²) in [7, 11) is 1.78. The molecule has 6 nitrogen and oxygen atoms in total. The third-order valence-electron chi connectivity index (χ3n) is 4.15. The van der Waals surface area contributed by atoms with Crippen LogP contribution in [0.5, 0.6) is 0 Å². The van der Waals surface area contributed by atoms with Gasteiger partial charge in [0, 0.05) is 13.0 Å². The topological polar surface area (TPSA) is 71.8 Å². The van der Waals surface area contributed by atoms with Gasteiger partial charge in [0.25, 0.3) is 5.91 Å². The van der Waals surface area contributed by atoms with Gasteiger partial charge >= 0.3 is 0 Å². The van der Waals surface area contributed by atoms with E-state index in [9.17, 15) is 4.79 Å². The Kier molecular flexibility index (Phi) is 6.21. The van der Waals surface area contributed by atoms with Crippen LogP contribution in [-0.4, -0.2) is 33.8 Å². The molecule has 1 saturated heterocycles. The van der Waals surface area contributed by atoms with Crippen molar-refractivity contribution in [1.29, 1.82) is 0 Å². The van der Waals surface area contributed by atoms with Crippen molar-refractivity contribution < 1.29 is 4.79 Å². The van der Waals surface area contributed by atoms with Crippen LogP contribution in [0.3, 0.4) is 0 Å². The maximum Gasteiger partial charge on any atom is 0.259 e. The van der Waals surface area contributed by atoms with Crippen molar-refractivity contribution in [2.75, 3.05) is 18.4 Å². The average Bonchev–Trinajstić information content (AvgIpc) is 2.92. The fourth-order valence-electron chi connectivity index (χ4n) is 2.76. The Labute approximate surface area is 152 Å². The zero-order valence-electron chi connectivity index (χ0n) is 13.7. The third kappa shape index (κ3) is 3.88. The summed E-state index contributed by atoms with van der Waals surface area (Å²) in [6.07, 6.45) is 2.03. The van der Waals surface area contributed by atoms with Crippen molar-refractivity contribution in [2.24, 2.45) is 7.05 Å². The summed E-state index contributed by atoms with van der Waals surface area (Å²) >= 11 is 6.21. The number of aromatic nitrogens is 3. The monoisotopic (exact) mass is 369 g/mol. The Bertz CT molecular complexity index is 725. The molecule has 8 heteroatoms. The molecule has 2 aromatic rings. The zero-order valence-corrected chi connectivity index (χ0v) is 15.2. The lowest BCUT2D eigenvalue weighted by Gasteiger charge is -2.19. The number of halogens is 2. The average molecular weight is 370 g/mol. The fraction of sp³-hybridized carbons (Fsp3) is 0.438. The number of aryl methyl sites for hydroxylation is 2. The quantitative estimate of drug-likeness (QED) is 0.872. The molecule has 0 saturated carbocycles. The van der Waals surface area contributed by atoms with E-state index in [1.54, 1.807) is 17.8 Å². The van der Waals surface area contributed by atoms with Crippen LogP contribution in [0.25, 0.3) is 0 Å². The summed E-state index contributed by atoms with van der Waals surface area (Å²) in [5, 5.41) is 11.0. The van der Waals surface area contributed by atoms with Crippen LogP contribution in [0.15, 0.2) is 18.2 Å². The fourth-order valence-corrected chi connectivity index (χ4v) is 2.97. The molecule has 3 rings (SSSR count). The van der Waals surface area contributed by atoms with E-state index in [2.05, 4.69) is 20.7 Å². The van der Waals surface area contributed by atoms with Crippen molar-refractivity contribution in [2.45, 2.75) is 25.7 Å². The van der Waals surface area contributed by atoms with Crippen LogP contribution in [0.1, 0.15) is 40.5 Å². The largest absolute Gasteiger partial charge is 0.317 e. The van der Waals surface area contributed by atoms with Crippen LogP contribution in [0, 0.1) is 6.92 Å². The number of piperidine rings is 1. The van der Waals surface area contributed by atoms with E-state index in [0.717, 1.165) is 37.3 Å². The smallest absolute Gasteiger partial charge is 0.259 e. The van der Waals surface area contributed by atoms with Gasteiger partial charge in [-0.15, -0.1) is 12.4 Å². The molecule has 0 bridgehead atoms.